The standard InChI is InChI=1S/C24H26N2O7/c1-4-31-11-5-10-26-23(27)21(15-6-8-17(29-2)19(12-15)30-3)22(24(26)28)25-16-7-9-18-20(13-16)33-14-32-18/h6-9,12-13,25H,4-5,10-11,14H2,1-3H3. The van der Waals surface area contributed by atoms with Gasteiger partial charge >= 0.3 is 0 Å². The van der Waals surface area contributed by atoms with Gasteiger partial charge in [-0.05, 0) is 43.2 Å². The van der Waals surface area contributed by atoms with Crippen molar-refractivity contribution in [3.63, 3.8) is 0 Å². The Kier molecular flexibility index (Phi) is 6.69. The third kappa shape index (κ3) is 4.45. The normalized spacial score (nSPS) is 14.8. The Balaban J connectivity index is 1.70. The topological polar surface area (TPSA) is 95.6 Å². The number of amides is 2. The Hall–Kier alpha value is -3.72. The average Bonchev–Trinajstić information content (AvgIpc) is 3.39. The molecule has 2 aliphatic rings. The molecule has 4 rings (SSSR count). The maximum atomic E-state index is 13.4. The number of carbonyl (C=O) groups is 2. The molecule has 33 heavy (non-hydrogen) atoms. The van der Waals surface area contributed by atoms with E-state index in [0.717, 1.165) is 0 Å². The lowest BCUT2D eigenvalue weighted by atomic mass is 10.0. The predicted octanol–water partition coefficient (Wildman–Crippen LogP) is 3.05. The van der Waals surface area contributed by atoms with Crippen molar-refractivity contribution in [2.45, 2.75) is 13.3 Å². The minimum atomic E-state index is -0.404. The van der Waals surface area contributed by atoms with Crippen LogP contribution in [0.1, 0.15) is 18.9 Å². The molecule has 0 unspecified atom stereocenters. The van der Waals surface area contributed by atoms with Gasteiger partial charge in [-0.25, -0.2) is 0 Å². The molecule has 0 saturated heterocycles. The van der Waals surface area contributed by atoms with Crippen LogP contribution in [0.25, 0.3) is 5.57 Å². The van der Waals surface area contributed by atoms with Gasteiger partial charge in [0.15, 0.2) is 23.0 Å². The lowest BCUT2D eigenvalue weighted by Crippen LogP contribution is -2.34. The van der Waals surface area contributed by atoms with Crippen molar-refractivity contribution in [3.05, 3.63) is 47.7 Å². The highest BCUT2D eigenvalue weighted by molar-refractivity contribution is 6.36. The van der Waals surface area contributed by atoms with Crippen molar-refractivity contribution in [2.24, 2.45) is 0 Å². The van der Waals surface area contributed by atoms with Crippen LogP contribution in [0, 0.1) is 0 Å². The molecule has 2 aromatic rings. The summed E-state index contributed by atoms with van der Waals surface area (Å²) < 4.78 is 26.8. The summed E-state index contributed by atoms with van der Waals surface area (Å²) in [5.74, 6) is 1.39. The monoisotopic (exact) mass is 454 g/mol. The van der Waals surface area contributed by atoms with Gasteiger partial charge in [-0.2, -0.15) is 0 Å². The molecule has 0 aliphatic carbocycles. The zero-order chi connectivity index (χ0) is 23.4. The summed E-state index contributed by atoms with van der Waals surface area (Å²) in [7, 11) is 3.05. The highest BCUT2D eigenvalue weighted by atomic mass is 16.7. The zero-order valence-corrected chi connectivity index (χ0v) is 18.8. The molecule has 0 aromatic heterocycles. The predicted molar refractivity (Wildman–Crippen MR) is 120 cm³/mol. The molecule has 174 valence electrons. The van der Waals surface area contributed by atoms with E-state index in [1.54, 1.807) is 36.4 Å². The van der Waals surface area contributed by atoms with Crippen LogP contribution >= 0.6 is 0 Å². The van der Waals surface area contributed by atoms with Crippen LogP contribution in [0.4, 0.5) is 5.69 Å². The maximum Gasteiger partial charge on any atom is 0.278 e. The molecule has 2 aliphatic heterocycles. The maximum absolute atomic E-state index is 13.4. The molecule has 0 spiro atoms. The Morgan fingerprint density at radius 1 is 0.970 bits per heavy atom. The number of carbonyl (C=O) groups excluding carboxylic acids is 2. The second kappa shape index (κ2) is 9.83. The third-order valence-corrected chi connectivity index (χ3v) is 5.36. The molecule has 2 heterocycles. The fourth-order valence-corrected chi connectivity index (χ4v) is 3.74. The smallest absolute Gasteiger partial charge is 0.278 e. The van der Waals surface area contributed by atoms with E-state index in [1.807, 2.05) is 6.92 Å². The molecule has 9 nitrogen and oxygen atoms in total. The van der Waals surface area contributed by atoms with Gasteiger partial charge in [-0.3, -0.25) is 14.5 Å². The van der Waals surface area contributed by atoms with Crippen LogP contribution in [0.15, 0.2) is 42.1 Å². The number of fused-ring (bicyclic) bond motifs is 1. The van der Waals surface area contributed by atoms with E-state index in [-0.39, 0.29) is 30.5 Å². The zero-order valence-electron chi connectivity index (χ0n) is 18.8. The van der Waals surface area contributed by atoms with Gasteiger partial charge in [0, 0.05) is 31.5 Å². The molecule has 0 atom stereocenters. The van der Waals surface area contributed by atoms with Crippen molar-refractivity contribution in [1.29, 1.82) is 0 Å². The first kappa shape index (κ1) is 22.5. The summed E-state index contributed by atoms with van der Waals surface area (Å²) in [6.07, 6.45) is 0.543. The number of nitrogens with one attached hydrogen (secondary N) is 1. The fraction of sp³-hybridized carbons (Fsp3) is 0.333. The van der Waals surface area contributed by atoms with E-state index in [2.05, 4.69) is 5.32 Å². The molecular formula is C24H26N2O7. The van der Waals surface area contributed by atoms with E-state index < -0.39 is 5.91 Å². The first-order valence-corrected chi connectivity index (χ1v) is 10.6. The quantitative estimate of drug-likeness (QED) is 0.432. The molecule has 2 aromatic carbocycles. The summed E-state index contributed by atoms with van der Waals surface area (Å²) in [6, 6.07) is 10.4. The third-order valence-electron chi connectivity index (χ3n) is 5.36. The molecule has 2 amide bonds. The molecule has 9 heteroatoms. The Labute approximate surface area is 191 Å². The number of hydrogen-bond acceptors (Lipinski definition) is 8. The molecule has 0 saturated carbocycles. The second-order valence-corrected chi connectivity index (χ2v) is 7.33. The Morgan fingerprint density at radius 2 is 1.76 bits per heavy atom. The van der Waals surface area contributed by atoms with E-state index in [0.29, 0.717) is 53.9 Å². The van der Waals surface area contributed by atoms with Gasteiger partial charge in [0.2, 0.25) is 6.79 Å². The number of hydrogen-bond donors (Lipinski definition) is 1. The minimum Gasteiger partial charge on any atom is -0.493 e. The average molecular weight is 454 g/mol. The number of benzene rings is 2. The molecule has 0 radical (unpaired) electrons. The van der Waals surface area contributed by atoms with Crippen LogP contribution in [0.3, 0.4) is 0 Å². The van der Waals surface area contributed by atoms with Crippen LogP contribution in [-0.2, 0) is 14.3 Å². The molecule has 1 N–H and O–H groups in total. The van der Waals surface area contributed by atoms with Gasteiger partial charge < -0.3 is 29.0 Å². The SMILES string of the molecule is CCOCCCN1C(=O)C(Nc2ccc3c(c2)OCO3)=C(c2ccc(OC)c(OC)c2)C1=O. The fourth-order valence-electron chi connectivity index (χ4n) is 3.74. The van der Waals surface area contributed by atoms with Gasteiger partial charge in [0.25, 0.3) is 11.8 Å². The van der Waals surface area contributed by atoms with E-state index in [9.17, 15) is 9.59 Å². The van der Waals surface area contributed by atoms with Crippen molar-refractivity contribution in [2.75, 3.05) is 46.1 Å². The molecule has 0 fully saturated rings. The van der Waals surface area contributed by atoms with Gasteiger partial charge in [0.1, 0.15) is 5.70 Å². The molecular weight excluding hydrogens is 428 g/mol. The summed E-state index contributed by atoms with van der Waals surface area (Å²) in [6.45, 7) is 3.33. The summed E-state index contributed by atoms with van der Waals surface area (Å²) in [5.41, 5.74) is 1.59. The summed E-state index contributed by atoms with van der Waals surface area (Å²) in [5, 5.41) is 3.13. The Morgan fingerprint density at radius 3 is 2.52 bits per heavy atom. The van der Waals surface area contributed by atoms with Gasteiger partial charge in [0.05, 0.1) is 19.8 Å². The highest BCUT2D eigenvalue weighted by Crippen LogP contribution is 2.38. The van der Waals surface area contributed by atoms with Crippen molar-refractivity contribution >= 4 is 23.1 Å². The Bertz CT molecular complexity index is 1100. The van der Waals surface area contributed by atoms with E-state index >= 15 is 0 Å². The summed E-state index contributed by atoms with van der Waals surface area (Å²) >= 11 is 0. The largest absolute Gasteiger partial charge is 0.493 e. The van der Waals surface area contributed by atoms with Crippen molar-refractivity contribution in [1.82, 2.24) is 4.90 Å². The number of anilines is 1. The van der Waals surface area contributed by atoms with Crippen LogP contribution in [0.5, 0.6) is 23.0 Å². The van der Waals surface area contributed by atoms with Gasteiger partial charge in [-0.15, -0.1) is 0 Å². The van der Waals surface area contributed by atoms with E-state index in [1.165, 1.54) is 19.1 Å². The lowest BCUT2D eigenvalue weighted by molar-refractivity contribution is -0.137. The number of methoxy groups -OCH3 is 2. The minimum absolute atomic E-state index is 0.142. The number of nitrogens with zero attached hydrogens (tertiary/aromatic N) is 1. The summed E-state index contributed by atoms with van der Waals surface area (Å²) in [4.78, 5) is 27.9. The first-order valence-electron chi connectivity index (χ1n) is 10.6. The van der Waals surface area contributed by atoms with Crippen LogP contribution in [-0.4, -0.2) is 57.5 Å². The number of imide groups is 1. The van der Waals surface area contributed by atoms with Crippen molar-refractivity contribution < 1.29 is 33.3 Å². The van der Waals surface area contributed by atoms with Crippen LogP contribution in [0.2, 0.25) is 0 Å². The van der Waals surface area contributed by atoms with Crippen molar-refractivity contribution in [3.8, 4) is 23.0 Å². The van der Waals surface area contributed by atoms with Crippen LogP contribution < -0.4 is 24.3 Å². The van der Waals surface area contributed by atoms with Gasteiger partial charge in [-0.1, -0.05) is 6.07 Å². The molecule has 0 bridgehead atoms. The highest BCUT2D eigenvalue weighted by Gasteiger charge is 2.39. The van der Waals surface area contributed by atoms with E-state index in [4.69, 9.17) is 23.7 Å². The lowest BCUT2D eigenvalue weighted by Gasteiger charge is -2.15. The second-order valence-electron chi connectivity index (χ2n) is 7.33. The first-order chi connectivity index (χ1) is 16.1. The number of rotatable bonds is 10. The number of ether oxygens (including phenoxy) is 5.